The summed E-state index contributed by atoms with van der Waals surface area (Å²) in [6, 6.07) is 19.3. The molecule has 360 valence electrons. The van der Waals surface area contributed by atoms with E-state index in [2.05, 4.69) is 64.1 Å². The summed E-state index contributed by atoms with van der Waals surface area (Å²) in [7, 11) is -8.95. The van der Waals surface area contributed by atoms with E-state index in [0.29, 0.717) is 12.8 Å². The third kappa shape index (κ3) is 23.1. The van der Waals surface area contributed by atoms with Gasteiger partial charge in [-0.2, -0.15) is 0 Å². The Morgan fingerprint density at radius 3 is 0.862 bits per heavy atom. The summed E-state index contributed by atoms with van der Waals surface area (Å²) in [6.45, 7) is 8.91. The van der Waals surface area contributed by atoms with Gasteiger partial charge < -0.3 is 9.11 Å². The van der Waals surface area contributed by atoms with E-state index in [9.17, 15) is 25.9 Å². The van der Waals surface area contributed by atoms with Gasteiger partial charge in [-0.25, -0.2) is 16.8 Å². The van der Waals surface area contributed by atoms with Crippen LogP contribution in [0.25, 0.3) is 21.5 Å². The SMILES string of the molecule is CCCCCCCCCc1ccc2ccc(S(=O)(=O)[O-])c(CCCCCCCCC)c2c1.CCCCCCCCCc1ccc2ccc(S(=O)(=O)[O-])c(CCCCCCCCC)c2c1.[Zn+2]. The van der Waals surface area contributed by atoms with Crippen LogP contribution in [0, 0.1) is 0 Å². The number of hydrogen-bond acceptors (Lipinski definition) is 6. The number of benzene rings is 4. The van der Waals surface area contributed by atoms with Crippen molar-refractivity contribution in [1.82, 2.24) is 0 Å². The summed E-state index contributed by atoms with van der Waals surface area (Å²) in [5.74, 6) is 0. The van der Waals surface area contributed by atoms with Crippen molar-refractivity contribution in [2.24, 2.45) is 0 Å². The van der Waals surface area contributed by atoms with Gasteiger partial charge in [-0.3, -0.25) is 0 Å². The molecule has 0 bridgehead atoms. The molecule has 0 amide bonds. The second-order valence-electron chi connectivity index (χ2n) is 18.6. The van der Waals surface area contributed by atoms with Crippen LogP contribution in [0.1, 0.15) is 230 Å². The van der Waals surface area contributed by atoms with Crippen molar-refractivity contribution >= 4 is 41.8 Å². The van der Waals surface area contributed by atoms with Crippen molar-refractivity contribution in [2.75, 3.05) is 0 Å². The Bertz CT molecular complexity index is 1960. The van der Waals surface area contributed by atoms with Crippen LogP contribution in [0.5, 0.6) is 0 Å². The molecule has 0 saturated heterocycles. The zero-order valence-corrected chi connectivity index (χ0v) is 46.0. The summed E-state index contributed by atoms with van der Waals surface area (Å²) in [4.78, 5) is -0.0480. The van der Waals surface area contributed by atoms with Gasteiger partial charge in [0, 0.05) is 0 Å². The average Bonchev–Trinajstić information content (AvgIpc) is 3.27. The summed E-state index contributed by atoms with van der Waals surface area (Å²) in [5.41, 5.74) is 3.94. The predicted octanol–water partition coefficient (Wildman–Crippen LogP) is 16.7. The molecule has 0 aliphatic carbocycles. The Morgan fingerprint density at radius 2 is 0.585 bits per heavy atom. The minimum absolute atomic E-state index is 0. The zero-order chi connectivity index (χ0) is 46.5. The van der Waals surface area contributed by atoms with Crippen LogP contribution >= 0.6 is 0 Å². The van der Waals surface area contributed by atoms with Gasteiger partial charge in [-0.15, -0.1) is 0 Å². The molecule has 0 aliphatic heterocycles. The molecule has 0 heterocycles. The van der Waals surface area contributed by atoms with E-state index >= 15 is 0 Å². The predicted molar refractivity (Wildman–Crippen MR) is 271 cm³/mol. The maximum atomic E-state index is 12.0. The molecule has 0 atom stereocenters. The van der Waals surface area contributed by atoms with Crippen molar-refractivity contribution in [3.8, 4) is 0 Å². The first-order valence-electron chi connectivity index (χ1n) is 25.9. The van der Waals surface area contributed by atoms with Crippen LogP contribution in [0.2, 0.25) is 0 Å². The van der Waals surface area contributed by atoms with Crippen molar-refractivity contribution in [1.29, 1.82) is 0 Å². The standard InChI is InChI=1S/2C28H44O3S.Zn/c2*1-3-5-7-9-11-13-15-17-24-19-20-25-21-22-28(32(29,30)31)26(27(25)23-24)18-16-14-12-10-8-6-4-2;/h2*19-23H,3-18H2,1-2H3,(H,29,30,31);/q;;+2/p-2. The van der Waals surface area contributed by atoms with E-state index in [1.807, 2.05) is 0 Å². The van der Waals surface area contributed by atoms with Gasteiger partial charge in [0.15, 0.2) is 0 Å². The Balaban J connectivity index is 0.000000440. The van der Waals surface area contributed by atoms with E-state index in [1.54, 1.807) is 12.1 Å². The van der Waals surface area contributed by atoms with Gasteiger partial charge in [0.05, 0.1) is 9.79 Å². The molecule has 0 unspecified atom stereocenters. The zero-order valence-electron chi connectivity index (χ0n) is 41.4. The first kappa shape index (κ1) is 59.0. The molecule has 0 N–H and O–H groups in total. The smallest absolute Gasteiger partial charge is 0.744 e. The van der Waals surface area contributed by atoms with E-state index in [-0.39, 0.29) is 29.3 Å². The maximum Gasteiger partial charge on any atom is 2.00 e. The normalized spacial score (nSPS) is 11.8. The fourth-order valence-corrected chi connectivity index (χ4v) is 10.7. The number of rotatable bonds is 34. The average molecular weight is 985 g/mol. The molecule has 0 saturated carbocycles. The van der Waals surface area contributed by atoms with Crippen LogP contribution < -0.4 is 0 Å². The van der Waals surface area contributed by atoms with Gasteiger partial charge in [0.25, 0.3) is 0 Å². The molecule has 4 rings (SSSR count). The van der Waals surface area contributed by atoms with Crippen molar-refractivity contribution in [3.05, 3.63) is 82.9 Å². The van der Waals surface area contributed by atoms with Crippen molar-refractivity contribution in [3.63, 3.8) is 0 Å². The Labute approximate surface area is 410 Å². The molecule has 65 heavy (non-hydrogen) atoms. The second-order valence-corrected chi connectivity index (χ2v) is 21.3. The molecule has 0 aromatic heterocycles. The summed E-state index contributed by atoms with van der Waals surface area (Å²) in [6.07, 6.45) is 37.6. The van der Waals surface area contributed by atoms with Crippen LogP contribution in [-0.4, -0.2) is 25.9 Å². The third-order valence-electron chi connectivity index (χ3n) is 13.0. The minimum Gasteiger partial charge on any atom is -0.744 e. The first-order valence-corrected chi connectivity index (χ1v) is 28.8. The summed E-state index contributed by atoms with van der Waals surface area (Å²) in [5, 5.41) is 3.96. The Morgan fingerprint density at radius 1 is 0.338 bits per heavy atom. The minimum atomic E-state index is -4.47. The van der Waals surface area contributed by atoms with Crippen LogP contribution in [0.15, 0.2) is 70.5 Å². The Hall–Kier alpha value is -2.16. The number of unbranched alkanes of at least 4 members (excludes halogenated alkanes) is 24. The largest absolute Gasteiger partial charge is 2.00 e. The molecule has 0 fully saturated rings. The summed E-state index contributed by atoms with van der Waals surface area (Å²) < 4.78 is 71.7. The Kier molecular flexibility index (Phi) is 31.0. The number of hydrogen-bond donors (Lipinski definition) is 0. The van der Waals surface area contributed by atoms with Crippen LogP contribution in [0.3, 0.4) is 0 Å². The molecule has 4 aromatic carbocycles. The number of aryl methyl sites for hydroxylation is 4. The molecular weight excluding hydrogens is 898 g/mol. The van der Waals surface area contributed by atoms with Gasteiger partial charge >= 0.3 is 19.5 Å². The topological polar surface area (TPSA) is 114 Å². The maximum absolute atomic E-state index is 12.0. The van der Waals surface area contributed by atoms with E-state index in [4.69, 9.17) is 0 Å². The molecule has 9 heteroatoms. The van der Waals surface area contributed by atoms with Gasteiger partial charge in [0.1, 0.15) is 20.2 Å². The molecule has 0 radical (unpaired) electrons. The van der Waals surface area contributed by atoms with Crippen LogP contribution in [0.4, 0.5) is 0 Å². The number of fused-ring (bicyclic) bond motifs is 2. The summed E-state index contributed by atoms with van der Waals surface area (Å²) >= 11 is 0. The monoisotopic (exact) mass is 983 g/mol. The van der Waals surface area contributed by atoms with Crippen molar-refractivity contribution < 1.29 is 45.4 Å². The third-order valence-corrected chi connectivity index (χ3v) is 14.9. The van der Waals surface area contributed by atoms with E-state index in [0.717, 1.165) is 84.0 Å². The second kappa shape index (κ2) is 34.2. The molecule has 0 aliphatic rings. The van der Waals surface area contributed by atoms with Gasteiger partial charge in [-0.05, 0) is 107 Å². The molecule has 4 aromatic rings. The first-order chi connectivity index (χ1) is 30.9. The van der Waals surface area contributed by atoms with Crippen molar-refractivity contribution in [2.45, 2.75) is 243 Å². The molecule has 6 nitrogen and oxygen atoms in total. The van der Waals surface area contributed by atoms with Gasteiger partial charge in [-0.1, -0.05) is 230 Å². The quantitative estimate of drug-likeness (QED) is 0.0262. The fraction of sp³-hybridized carbons (Fsp3) is 0.643. The molecule has 0 spiro atoms. The van der Waals surface area contributed by atoms with E-state index < -0.39 is 20.2 Å². The van der Waals surface area contributed by atoms with Gasteiger partial charge in [0.2, 0.25) is 0 Å². The van der Waals surface area contributed by atoms with Crippen LogP contribution in [-0.2, 0) is 65.4 Å². The fourth-order valence-electron chi connectivity index (χ4n) is 9.20. The van der Waals surface area contributed by atoms with E-state index in [1.165, 1.54) is 165 Å². The molecular formula is C56H86O6S2Zn.